The van der Waals surface area contributed by atoms with Gasteiger partial charge in [0.25, 0.3) is 0 Å². The van der Waals surface area contributed by atoms with Crippen molar-refractivity contribution in [2.24, 2.45) is 0 Å². The van der Waals surface area contributed by atoms with E-state index in [-0.39, 0.29) is 0 Å². The van der Waals surface area contributed by atoms with Crippen molar-refractivity contribution in [3.05, 3.63) is 48.3 Å². The summed E-state index contributed by atoms with van der Waals surface area (Å²) in [5.74, 6) is 3.83. The van der Waals surface area contributed by atoms with Crippen LogP contribution < -0.4 is 24.7 Å². The van der Waals surface area contributed by atoms with E-state index in [2.05, 4.69) is 9.97 Å². The van der Waals surface area contributed by atoms with Crippen LogP contribution in [-0.2, 0) is 13.0 Å². The first-order valence-electron chi connectivity index (χ1n) is 10.2. The number of nitrogen functional groups attached to an aromatic ring is 1. The summed E-state index contributed by atoms with van der Waals surface area (Å²) in [6.07, 6.45) is 2.43. The quantitative estimate of drug-likeness (QED) is 0.393. The fourth-order valence-electron chi connectivity index (χ4n) is 3.39. The summed E-state index contributed by atoms with van der Waals surface area (Å²) in [6, 6.07) is 11.5. The standard InChI is InChI=1S/C23H25N5O4S/c1-29-15-6-8-17(31-3)19(12-15)33-23-26-20-21(24)25-13-28(22(20)27-23)10-9-14-5-7-16(30-2)18(11-14)32-4/h5-8,11-13H,9-10,24H2,1-4H3. The molecule has 4 rings (SSSR count). The number of ether oxygens (including phenoxy) is 4. The number of aromatic nitrogens is 4. The van der Waals surface area contributed by atoms with Crippen LogP contribution in [0.15, 0.2) is 52.8 Å². The van der Waals surface area contributed by atoms with Gasteiger partial charge in [-0.05, 0) is 54.1 Å². The Morgan fingerprint density at radius 1 is 0.879 bits per heavy atom. The van der Waals surface area contributed by atoms with E-state index in [1.54, 1.807) is 34.8 Å². The molecule has 2 aliphatic rings. The molecule has 0 saturated heterocycles. The van der Waals surface area contributed by atoms with Gasteiger partial charge in [0.2, 0.25) is 0 Å². The lowest BCUT2D eigenvalue weighted by atomic mass is 10.1. The minimum absolute atomic E-state index is 0.337. The first kappa shape index (κ1) is 22.5. The molecule has 0 fully saturated rings. The third kappa shape index (κ3) is 4.75. The Morgan fingerprint density at radius 3 is 2.36 bits per heavy atom. The zero-order valence-electron chi connectivity index (χ0n) is 18.9. The highest BCUT2D eigenvalue weighted by molar-refractivity contribution is 7.99. The van der Waals surface area contributed by atoms with Gasteiger partial charge in [-0.25, -0.2) is 15.0 Å². The van der Waals surface area contributed by atoms with Gasteiger partial charge in [0.15, 0.2) is 34.0 Å². The second-order valence-corrected chi connectivity index (χ2v) is 8.07. The Hall–Kier alpha value is -3.66. The average molecular weight is 468 g/mol. The molecule has 0 aliphatic carbocycles. The summed E-state index contributed by atoms with van der Waals surface area (Å²) in [5, 5.41) is 0.552. The lowest BCUT2D eigenvalue weighted by Crippen LogP contribution is -2.10. The first-order valence-corrected chi connectivity index (χ1v) is 11.0. The van der Waals surface area contributed by atoms with Gasteiger partial charge in [0, 0.05) is 6.54 Å². The summed E-state index contributed by atoms with van der Waals surface area (Å²) < 4.78 is 23.5. The third-order valence-electron chi connectivity index (χ3n) is 5.13. The molecule has 0 radical (unpaired) electrons. The van der Waals surface area contributed by atoms with Gasteiger partial charge in [0.1, 0.15) is 11.5 Å². The molecule has 10 heteroatoms. The predicted molar refractivity (Wildman–Crippen MR) is 126 cm³/mol. The number of imidazole rings is 1. The van der Waals surface area contributed by atoms with Gasteiger partial charge >= 0.3 is 0 Å². The van der Waals surface area contributed by atoms with E-state index in [4.69, 9.17) is 29.7 Å². The molecular formula is C23H25N5O4S. The van der Waals surface area contributed by atoms with Crippen LogP contribution in [0.3, 0.4) is 0 Å². The highest BCUT2D eigenvalue weighted by Gasteiger charge is 2.20. The highest BCUT2D eigenvalue weighted by atomic mass is 32.2. The van der Waals surface area contributed by atoms with Crippen LogP contribution in [0.1, 0.15) is 5.56 Å². The molecule has 0 bridgehead atoms. The van der Waals surface area contributed by atoms with Crippen LogP contribution in [-0.4, -0.2) is 48.0 Å². The topological polar surface area (TPSA) is 107 Å². The molecule has 172 valence electrons. The van der Waals surface area contributed by atoms with Crippen LogP contribution in [0.2, 0.25) is 0 Å². The highest BCUT2D eigenvalue weighted by Crippen LogP contribution is 2.38. The number of methoxy groups -OCH3 is 4. The molecule has 0 saturated carbocycles. The van der Waals surface area contributed by atoms with Gasteiger partial charge in [-0.3, -0.25) is 0 Å². The lowest BCUT2D eigenvalue weighted by Gasteiger charge is -2.12. The number of nitrogens with two attached hydrogens (primary N) is 1. The maximum Gasteiger partial charge on any atom is 0.195 e. The minimum Gasteiger partial charge on any atom is -0.497 e. The maximum absolute atomic E-state index is 6.10. The Kier molecular flexibility index (Phi) is 6.74. The molecule has 2 N–H and O–H groups in total. The molecule has 0 amide bonds. The molecule has 0 spiro atoms. The number of nitrogens with zero attached hydrogens (tertiary/aromatic N) is 4. The van der Waals surface area contributed by atoms with Crippen LogP contribution in [0.4, 0.5) is 5.82 Å². The van der Waals surface area contributed by atoms with E-state index < -0.39 is 0 Å². The monoisotopic (exact) mass is 467 g/mol. The van der Waals surface area contributed by atoms with E-state index in [1.165, 1.54) is 11.8 Å². The van der Waals surface area contributed by atoms with E-state index in [0.29, 0.717) is 46.3 Å². The van der Waals surface area contributed by atoms with Crippen molar-refractivity contribution in [2.75, 3.05) is 34.2 Å². The van der Waals surface area contributed by atoms with Crippen molar-refractivity contribution in [2.45, 2.75) is 23.0 Å². The van der Waals surface area contributed by atoms with E-state index in [1.807, 2.05) is 41.0 Å². The summed E-state index contributed by atoms with van der Waals surface area (Å²) in [5.41, 5.74) is 7.76. The number of aryl methyl sites for hydroxylation is 2. The van der Waals surface area contributed by atoms with E-state index in [9.17, 15) is 0 Å². The Morgan fingerprint density at radius 2 is 1.64 bits per heavy atom. The van der Waals surface area contributed by atoms with Gasteiger partial charge in [-0.2, -0.15) is 0 Å². The molecule has 2 aliphatic heterocycles. The average Bonchev–Trinajstić information content (AvgIpc) is 3.28. The number of anilines is 1. The minimum atomic E-state index is 0.337. The van der Waals surface area contributed by atoms with Crippen molar-refractivity contribution in [1.29, 1.82) is 0 Å². The van der Waals surface area contributed by atoms with Crippen molar-refractivity contribution in [1.82, 2.24) is 19.5 Å². The van der Waals surface area contributed by atoms with Crippen LogP contribution >= 0.6 is 11.8 Å². The lowest BCUT2D eigenvalue weighted by molar-refractivity contribution is 0.354. The van der Waals surface area contributed by atoms with Crippen molar-refractivity contribution >= 4 is 17.6 Å². The summed E-state index contributed by atoms with van der Waals surface area (Å²) in [4.78, 5) is 14.5. The Balaban J connectivity index is 1.60. The molecule has 0 unspecified atom stereocenters. The number of rotatable bonds is 9. The zero-order chi connectivity index (χ0) is 23.4. The van der Waals surface area contributed by atoms with Crippen molar-refractivity contribution in [3.63, 3.8) is 0 Å². The van der Waals surface area contributed by atoms with Crippen LogP contribution in [0.25, 0.3) is 11.5 Å². The fraction of sp³-hybridized carbons (Fsp3) is 0.261. The Bertz CT molecular complexity index is 1230. The zero-order valence-corrected chi connectivity index (χ0v) is 19.7. The molecule has 0 aromatic heterocycles. The van der Waals surface area contributed by atoms with Gasteiger partial charge in [-0.1, -0.05) is 6.07 Å². The molecule has 2 heterocycles. The third-order valence-corrected chi connectivity index (χ3v) is 6.04. The molecule has 0 atom stereocenters. The number of benzene rings is 2. The first-order chi connectivity index (χ1) is 16.1. The molecule has 9 nitrogen and oxygen atoms in total. The second-order valence-electron chi connectivity index (χ2n) is 7.06. The van der Waals surface area contributed by atoms with Crippen molar-refractivity contribution < 1.29 is 18.9 Å². The predicted octanol–water partition coefficient (Wildman–Crippen LogP) is 3.79. The summed E-state index contributed by atoms with van der Waals surface area (Å²) >= 11 is 1.38. The number of hydrogen-bond acceptors (Lipinski definition) is 9. The fourth-order valence-corrected chi connectivity index (χ4v) is 4.28. The van der Waals surface area contributed by atoms with Crippen LogP contribution in [0.5, 0.6) is 23.0 Å². The van der Waals surface area contributed by atoms with Crippen LogP contribution in [0, 0.1) is 0 Å². The number of fused-ring (bicyclic) bond motifs is 1. The van der Waals surface area contributed by atoms with Gasteiger partial charge < -0.3 is 29.2 Å². The molecule has 33 heavy (non-hydrogen) atoms. The van der Waals surface area contributed by atoms with Crippen molar-refractivity contribution in [3.8, 4) is 34.5 Å². The van der Waals surface area contributed by atoms with Gasteiger partial charge in [0.05, 0.1) is 39.7 Å². The molecule has 2 aromatic carbocycles. The number of hydrogen-bond donors (Lipinski definition) is 1. The van der Waals surface area contributed by atoms with E-state index in [0.717, 1.165) is 22.6 Å². The molecule has 2 aromatic rings. The Labute approximate surface area is 196 Å². The molecular weight excluding hydrogens is 442 g/mol. The van der Waals surface area contributed by atoms with Gasteiger partial charge in [-0.15, -0.1) is 0 Å². The normalized spacial score (nSPS) is 10.9. The smallest absolute Gasteiger partial charge is 0.195 e. The van der Waals surface area contributed by atoms with E-state index >= 15 is 0 Å². The second kappa shape index (κ2) is 9.86. The maximum atomic E-state index is 6.10. The summed E-state index contributed by atoms with van der Waals surface area (Å²) in [6.45, 7) is 0.643. The SMILES string of the molecule is COc1ccc(OC)c(Sc2nc3c(N)ncn(CCc4ccc(OC)c(OC)c4)c-3n2)c1. The largest absolute Gasteiger partial charge is 0.497 e. The summed E-state index contributed by atoms with van der Waals surface area (Å²) in [7, 11) is 6.49.